The Labute approximate surface area is 164 Å². The molecule has 2 aromatic carbocycles. The first kappa shape index (κ1) is 18.3. The van der Waals surface area contributed by atoms with Crippen molar-refractivity contribution in [1.82, 2.24) is 20.0 Å². The Balaban J connectivity index is 1.76. The van der Waals surface area contributed by atoms with Gasteiger partial charge >= 0.3 is 0 Å². The maximum absolute atomic E-state index is 13.1. The monoisotopic (exact) mass is 376 g/mol. The van der Waals surface area contributed by atoms with Gasteiger partial charge in [0.2, 0.25) is 0 Å². The molecule has 28 heavy (non-hydrogen) atoms. The van der Waals surface area contributed by atoms with E-state index in [4.69, 9.17) is 4.74 Å². The summed E-state index contributed by atoms with van der Waals surface area (Å²) in [6.07, 6.45) is 0. The fraction of sp³-hybridized carbons (Fsp3) is 0.273. The third kappa shape index (κ3) is 3.51. The number of methoxy groups -OCH3 is 1. The van der Waals surface area contributed by atoms with Crippen LogP contribution in [0, 0.1) is 0 Å². The number of para-hydroxylation sites is 1. The molecule has 0 aliphatic carbocycles. The van der Waals surface area contributed by atoms with E-state index in [1.165, 1.54) is 0 Å². The van der Waals surface area contributed by atoms with E-state index in [1.807, 2.05) is 70.2 Å². The molecule has 0 bridgehead atoms. The van der Waals surface area contributed by atoms with Crippen LogP contribution in [0.25, 0.3) is 16.9 Å². The molecule has 6 nitrogen and oxygen atoms in total. The fourth-order valence-electron chi connectivity index (χ4n) is 3.51. The molecule has 144 valence electrons. The lowest BCUT2D eigenvalue weighted by atomic mass is 10.1. The van der Waals surface area contributed by atoms with Gasteiger partial charge < -0.3 is 15.0 Å². The molecular weight excluding hydrogens is 352 g/mol. The molecule has 1 aromatic heterocycles. The summed E-state index contributed by atoms with van der Waals surface area (Å²) in [6.45, 7) is 4.36. The van der Waals surface area contributed by atoms with E-state index in [1.54, 1.807) is 7.11 Å². The molecule has 2 heterocycles. The van der Waals surface area contributed by atoms with E-state index in [0.717, 1.165) is 35.8 Å². The second kappa shape index (κ2) is 7.86. The SMILES string of the molecule is COc1ccc(-c2cc(C(=O)N3CCNCC3C)nn2-c2ccccc2)cc1. The van der Waals surface area contributed by atoms with Crippen LogP contribution in [0.15, 0.2) is 60.7 Å². The molecule has 0 saturated carbocycles. The number of ether oxygens (including phenoxy) is 1. The predicted molar refractivity (Wildman–Crippen MR) is 109 cm³/mol. The zero-order chi connectivity index (χ0) is 19.5. The van der Waals surface area contributed by atoms with Crippen LogP contribution >= 0.6 is 0 Å². The highest BCUT2D eigenvalue weighted by Gasteiger charge is 2.27. The van der Waals surface area contributed by atoms with Crippen molar-refractivity contribution < 1.29 is 9.53 Å². The average molecular weight is 376 g/mol. The van der Waals surface area contributed by atoms with Crippen LogP contribution in [-0.4, -0.2) is 53.4 Å². The first-order chi connectivity index (χ1) is 13.7. The number of piperazine rings is 1. The van der Waals surface area contributed by atoms with Crippen LogP contribution in [0.3, 0.4) is 0 Å². The number of nitrogens with one attached hydrogen (secondary N) is 1. The van der Waals surface area contributed by atoms with Crippen LogP contribution in [0.1, 0.15) is 17.4 Å². The van der Waals surface area contributed by atoms with Crippen molar-refractivity contribution in [2.24, 2.45) is 0 Å². The van der Waals surface area contributed by atoms with Crippen LogP contribution in [-0.2, 0) is 0 Å². The van der Waals surface area contributed by atoms with Crippen molar-refractivity contribution in [3.05, 3.63) is 66.4 Å². The zero-order valence-electron chi connectivity index (χ0n) is 16.1. The molecular formula is C22H24N4O2. The minimum absolute atomic E-state index is 0.0292. The van der Waals surface area contributed by atoms with Gasteiger partial charge in [0.15, 0.2) is 5.69 Å². The summed E-state index contributed by atoms with van der Waals surface area (Å²) in [5, 5.41) is 8.00. The van der Waals surface area contributed by atoms with Gasteiger partial charge in [-0.25, -0.2) is 4.68 Å². The van der Waals surface area contributed by atoms with Gasteiger partial charge in [0, 0.05) is 31.2 Å². The zero-order valence-corrected chi connectivity index (χ0v) is 16.1. The highest BCUT2D eigenvalue weighted by molar-refractivity contribution is 5.94. The number of aromatic nitrogens is 2. The number of carbonyl (C=O) groups is 1. The summed E-state index contributed by atoms with van der Waals surface area (Å²) < 4.78 is 7.10. The number of hydrogen-bond acceptors (Lipinski definition) is 4. The summed E-state index contributed by atoms with van der Waals surface area (Å²) >= 11 is 0. The van der Waals surface area contributed by atoms with Crippen molar-refractivity contribution in [2.45, 2.75) is 13.0 Å². The minimum Gasteiger partial charge on any atom is -0.497 e. The van der Waals surface area contributed by atoms with Gasteiger partial charge in [-0.05, 0) is 49.4 Å². The van der Waals surface area contributed by atoms with E-state index in [9.17, 15) is 4.79 Å². The number of nitrogens with zero attached hydrogens (tertiary/aromatic N) is 3. The lowest BCUT2D eigenvalue weighted by Gasteiger charge is -2.33. The Hall–Kier alpha value is -3.12. The standard InChI is InChI=1S/C22H24N4O2/c1-16-15-23-12-13-25(16)22(27)20-14-21(17-8-10-19(28-2)11-9-17)26(24-20)18-6-4-3-5-7-18/h3-11,14,16,23H,12-13,15H2,1-2H3. The van der Waals surface area contributed by atoms with Crippen LogP contribution < -0.4 is 10.1 Å². The maximum Gasteiger partial charge on any atom is 0.274 e. The van der Waals surface area contributed by atoms with E-state index < -0.39 is 0 Å². The van der Waals surface area contributed by atoms with Gasteiger partial charge in [-0.3, -0.25) is 4.79 Å². The fourth-order valence-corrected chi connectivity index (χ4v) is 3.51. The lowest BCUT2D eigenvalue weighted by Crippen LogP contribution is -2.52. The Kier molecular flexibility index (Phi) is 5.12. The Morgan fingerprint density at radius 2 is 1.89 bits per heavy atom. The third-order valence-electron chi connectivity index (χ3n) is 5.08. The van der Waals surface area contributed by atoms with Crippen molar-refractivity contribution in [1.29, 1.82) is 0 Å². The molecule has 3 aromatic rings. The van der Waals surface area contributed by atoms with Gasteiger partial charge in [-0.2, -0.15) is 5.10 Å². The molecule has 1 fully saturated rings. The molecule has 4 rings (SSSR count). The highest BCUT2D eigenvalue weighted by Crippen LogP contribution is 2.27. The normalized spacial score (nSPS) is 16.8. The predicted octanol–water partition coefficient (Wildman–Crippen LogP) is 2.98. The van der Waals surface area contributed by atoms with Crippen molar-refractivity contribution in [3.63, 3.8) is 0 Å². The molecule has 1 aliphatic rings. The molecule has 1 atom stereocenters. The Bertz CT molecular complexity index is 950. The quantitative estimate of drug-likeness (QED) is 0.761. The van der Waals surface area contributed by atoms with Crippen molar-refractivity contribution >= 4 is 5.91 Å². The van der Waals surface area contributed by atoms with Gasteiger partial charge in [-0.15, -0.1) is 0 Å². The largest absolute Gasteiger partial charge is 0.497 e. The summed E-state index contributed by atoms with van der Waals surface area (Å²) in [4.78, 5) is 15.0. The second-order valence-corrected chi connectivity index (χ2v) is 6.94. The Morgan fingerprint density at radius 3 is 2.57 bits per heavy atom. The maximum atomic E-state index is 13.1. The van der Waals surface area contributed by atoms with Gasteiger partial charge in [0.05, 0.1) is 18.5 Å². The Morgan fingerprint density at radius 1 is 1.14 bits per heavy atom. The van der Waals surface area contributed by atoms with Crippen molar-refractivity contribution in [2.75, 3.05) is 26.7 Å². The topological polar surface area (TPSA) is 59.4 Å². The number of benzene rings is 2. The van der Waals surface area contributed by atoms with E-state index in [0.29, 0.717) is 12.2 Å². The summed E-state index contributed by atoms with van der Waals surface area (Å²) in [6, 6.07) is 19.7. The van der Waals surface area contributed by atoms with Crippen molar-refractivity contribution in [3.8, 4) is 22.7 Å². The molecule has 0 radical (unpaired) electrons. The third-order valence-corrected chi connectivity index (χ3v) is 5.08. The number of rotatable bonds is 4. The van der Waals surface area contributed by atoms with Crippen LogP contribution in [0.4, 0.5) is 0 Å². The lowest BCUT2D eigenvalue weighted by molar-refractivity contribution is 0.0649. The molecule has 1 unspecified atom stereocenters. The number of amides is 1. The summed E-state index contributed by atoms with van der Waals surface area (Å²) in [5.41, 5.74) is 3.23. The van der Waals surface area contributed by atoms with Gasteiger partial charge in [0.25, 0.3) is 5.91 Å². The van der Waals surface area contributed by atoms with E-state index >= 15 is 0 Å². The molecule has 1 N–H and O–H groups in total. The van der Waals surface area contributed by atoms with Gasteiger partial charge in [-0.1, -0.05) is 18.2 Å². The second-order valence-electron chi connectivity index (χ2n) is 6.94. The summed E-state index contributed by atoms with van der Waals surface area (Å²) in [7, 11) is 1.65. The van der Waals surface area contributed by atoms with E-state index in [-0.39, 0.29) is 11.9 Å². The first-order valence-corrected chi connectivity index (χ1v) is 9.49. The number of carbonyl (C=O) groups excluding carboxylic acids is 1. The average Bonchev–Trinajstić information content (AvgIpc) is 3.20. The molecule has 6 heteroatoms. The van der Waals surface area contributed by atoms with Crippen LogP contribution in [0.2, 0.25) is 0 Å². The first-order valence-electron chi connectivity index (χ1n) is 9.49. The molecule has 1 saturated heterocycles. The molecule has 0 spiro atoms. The van der Waals surface area contributed by atoms with Gasteiger partial charge in [0.1, 0.15) is 5.75 Å². The number of hydrogen-bond donors (Lipinski definition) is 1. The smallest absolute Gasteiger partial charge is 0.274 e. The minimum atomic E-state index is -0.0292. The summed E-state index contributed by atoms with van der Waals surface area (Å²) in [5.74, 6) is 0.763. The van der Waals surface area contributed by atoms with E-state index in [2.05, 4.69) is 17.3 Å². The molecule has 1 aliphatic heterocycles. The molecule has 1 amide bonds. The highest BCUT2D eigenvalue weighted by atomic mass is 16.5. The van der Waals surface area contributed by atoms with Crippen LogP contribution in [0.5, 0.6) is 5.75 Å².